The Bertz CT molecular complexity index is 794. The third-order valence-electron chi connectivity index (χ3n) is 5.44. The Hall–Kier alpha value is -1.52. The maximum absolute atomic E-state index is 13.0. The zero-order chi connectivity index (χ0) is 18.1. The number of halogens is 2. The molecule has 26 heavy (non-hydrogen) atoms. The Balaban J connectivity index is 1.51. The van der Waals surface area contributed by atoms with Crippen LogP contribution in [0.4, 0.5) is 0 Å². The van der Waals surface area contributed by atoms with E-state index in [1.165, 1.54) is 12.8 Å². The van der Waals surface area contributed by atoms with Crippen LogP contribution in [0.2, 0.25) is 10.0 Å². The molecule has 1 amide bonds. The molecule has 0 spiro atoms. The van der Waals surface area contributed by atoms with Gasteiger partial charge in [0.2, 0.25) is 5.91 Å². The zero-order valence-corrected chi connectivity index (χ0v) is 16.2. The topological polar surface area (TPSA) is 38.1 Å². The summed E-state index contributed by atoms with van der Waals surface area (Å²) in [4.78, 5) is 19.6. The van der Waals surface area contributed by atoms with Gasteiger partial charge in [0.05, 0.1) is 13.1 Å². The van der Waals surface area contributed by atoms with Crippen LogP contribution in [0.15, 0.2) is 30.6 Å². The molecule has 2 saturated carbocycles. The number of hydrogen-bond acceptors (Lipinski definition) is 2. The van der Waals surface area contributed by atoms with Crippen LogP contribution in [-0.4, -0.2) is 26.4 Å². The first-order valence-electron chi connectivity index (χ1n) is 9.36. The van der Waals surface area contributed by atoms with Gasteiger partial charge >= 0.3 is 0 Å². The molecule has 4 rings (SSSR count). The summed E-state index contributed by atoms with van der Waals surface area (Å²) >= 11 is 12.3. The molecule has 138 valence electrons. The molecule has 1 aromatic heterocycles. The summed E-state index contributed by atoms with van der Waals surface area (Å²) in [5.74, 6) is 1.45. The molecule has 6 heteroatoms. The first kappa shape index (κ1) is 17.9. The first-order valence-corrected chi connectivity index (χ1v) is 10.1. The van der Waals surface area contributed by atoms with Crippen molar-refractivity contribution in [1.29, 1.82) is 0 Å². The lowest BCUT2D eigenvalue weighted by atomic mass is 10.1. The average molecular weight is 392 g/mol. The summed E-state index contributed by atoms with van der Waals surface area (Å²) in [6.07, 6.45) is 10.4. The molecule has 0 aliphatic heterocycles. The fourth-order valence-corrected chi connectivity index (χ4v) is 4.27. The van der Waals surface area contributed by atoms with E-state index in [1.54, 1.807) is 12.3 Å². The summed E-state index contributed by atoms with van der Waals surface area (Å²) < 4.78 is 2.08. The van der Waals surface area contributed by atoms with Gasteiger partial charge in [-0.15, -0.1) is 0 Å². The lowest BCUT2D eigenvalue weighted by molar-refractivity contribution is -0.136. The molecule has 0 unspecified atom stereocenters. The van der Waals surface area contributed by atoms with Gasteiger partial charge in [-0.05, 0) is 43.4 Å². The number of nitrogens with zero attached hydrogens (tertiary/aromatic N) is 3. The number of aromatic nitrogens is 2. The first-order chi connectivity index (χ1) is 12.6. The Kier molecular flexibility index (Phi) is 5.23. The van der Waals surface area contributed by atoms with Crippen molar-refractivity contribution in [2.24, 2.45) is 5.92 Å². The molecule has 0 radical (unpaired) electrons. The van der Waals surface area contributed by atoms with E-state index < -0.39 is 0 Å². The molecule has 1 aromatic carbocycles. The average Bonchev–Trinajstić information content (AvgIpc) is 3.14. The fraction of sp³-hybridized carbons (Fsp3) is 0.500. The van der Waals surface area contributed by atoms with Crippen LogP contribution in [0.5, 0.6) is 0 Å². The SMILES string of the molecule is O=C(C1CCCC1)N(Cc1nccn1Cc1ccc(Cl)cc1Cl)C1CC1. The van der Waals surface area contributed by atoms with Crippen LogP contribution in [0.3, 0.4) is 0 Å². The summed E-state index contributed by atoms with van der Waals surface area (Å²) in [6, 6.07) is 5.94. The lowest BCUT2D eigenvalue weighted by Crippen LogP contribution is -2.37. The molecule has 0 atom stereocenters. The number of amides is 1. The molecule has 0 saturated heterocycles. The number of rotatable bonds is 6. The summed E-state index contributed by atoms with van der Waals surface area (Å²) in [6.45, 7) is 1.21. The Morgan fingerprint density at radius 1 is 1.19 bits per heavy atom. The Morgan fingerprint density at radius 2 is 1.96 bits per heavy atom. The van der Waals surface area contributed by atoms with Crippen LogP contribution in [0, 0.1) is 5.92 Å². The quantitative estimate of drug-likeness (QED) is 0.700. The third kappa shape index (κ3) is 3.91. The number of carbonyl (C=O) groups is 1. The summed E-state index contributed by atoms with van der Waals surface area (Å²) in [5, 5.41) is 1.28. The van der Waals surface area contributed by atoms with E-state index in [9.17, 15) is 4.79 Å². The van der Waals surface area contributed by atoms with Gasteiger partial charge in [-0.3, -0.25) is 4.79 Å². The van der Waals surface area contributed by atoms with Crippen molar-refractivity contribution >= 4 is 29.1 Å². The second kappa shape index (κ2) is 7.61. The standard InChI is InChI=1S/C20H23Cl2N3O/c21-16-6-5-15(18(22)11-16)12-24-10-9-23-19(24)13-25(17-7-8-17)20(26)14-3-1-2-4-14/h5-6,9-11,14,17H,1-4,7-8,12-13H2. The molecule has 0 bridgehead atoms. The van der Waals surface area contributed by atoms with Crippen molar-refractivity contribution in [3.63, 3.8) is 0 Å². The third-order valence-corrected chi connectivity index (χ3v) is 6.03. The summed E-state index contributed by atoms with van der Waals surface area (Å²) in [5.41, 5.74) is 0.996. The van der Waals surface area contributed by atoms with E-state index >= 15 is 0 Å². The highest BCUT2D eigenvalue weighted by Crippen LogP contribution is 2.34. The predicted molar refractivity (Wildman–Crippen MR) is 103 cm³/mol. The lowest BCUT2D eigenvalue weighted by Gasteiger charge is -2.25. The number of carbonyl (C=O) groups excluding carboxylic acids is 1. The monoisotopic (exact) mass is 391 g/mol. The molecule has 2 aliphatic rings. The van der Waals surface area contributed by atoms with E-state index in [1.807, 2.05) is 18.3 Å². The maximum atomic E-state index is 13.0. The Labute approximate surface area is 164 Å². The van der Waals surface area contributed by atoms with Crippen LogP contribution in [-0.2, 0) is 17.9 Å². The molecular weight excluding hydrogens is 369 g/mol. The van der Waals surface area contributed by atoms with Gasteiger partial charge < -0.3 is 9.47 Å². The van der Waals surface area contributed by atoms with Crippen LogP contribution in [0.25, 0.3) is 0 Å². The van der Waals surface area contributed by atoms with Gasteiger partial charge in [0, 0.05) is 34.4 Å². The van der Waals surface area contributed by atoms with Crippen LogP contribution in [0.1, 0.15) is 49.9 Å². The fourth-order valence-electron chi connectivity index (χ4n) is 3.80. The second-order valence-corrected chi connectivity index (χ2v) is 8.23. The van der Waals surface area contributed by atoms with Gasteiger partial charge in [-0.25, -0.2) is 4.98 Å². The normalized spacial score (nSPS) is 17.6. The highest BCUT2D eigenvalue weighted by atomic mass is 35.5. The maximum Gasteiger partial charge on any atom is 0.226 e. The second-order valence-electron chi connectivity index (χ2n) is 7.39. The van der Waals surface area contributed by atoms with Gasteiger partial charge in [0.1, 0.15) is 5.82 Å². The minimum absolute atomic E-state index is 0.213. The number of imidazole rings is 1. The Morgan fingerprint density at radius 3 is 2.65 bits per heavy atom. The van der Waals surface area contributed by atoms with E-state index in [4.69, 9.17) is 23.2 Å². The molecule has 1 heterocycles. The van der Waals surface area contributed by atoms with Crippen LogP contribution >= 0.6 is 23.2 Å². The van der Waals surface area contributed by atoms with Crippen molar-refractivity contribution in [2.45, 2.75) is 57.7 Å². The molecule has 0 N–H and O–H groups in total. The van der Waals surface area contributed by atoms with Crippen LogP contribution < -0.4 is 0 Å². The van der Waals surface area contributed by atoms with Gasteiger partial charge in [-0.1, -0.05) is 42.1 Å². The predicted octanol–water partition coefficient (Wildman–Crippen LogP) is 4.92. The molecule has 2 fully saturated rings. The van der Waals surface area contributed by atoms with Crippen molar-refractivity contribution in [3.8, 4) is 0 Å². The highest BCUT2D eigenvalue weighted by Gasteiger charge is 2.37. The van der Waals surface area contributed by atoms with E-state index in [0.29, 0.717) is 35.1 Å². The smallest absolute Gasteiger partial charge is 0.226 e. The van der Waals surface area contributed by atoms with E-state index in [2.05, 4.69) is 14.5 Å². The van der Waals surface area contributed by atoms with E-state index in [-0.39, 0.29) is 5.92 Å². The number of hydrogen-bond donors (Lipinski definition) is 0. The van der Waals surface area contributed by atoms with Crippen molar-refractivity contribution < 1.29 is 4.79 Å². The van der Waals surface area contributed by atoms with E-state index in [0.717, 1.165) is 37.1 Å². The minimum Gasteiger partial charge on any atom is -0.332 e. The zero-order valence-electron chi connectivity index (χ0n) is 14.7. The molecule has 4 nitrogen and oxygen atoms in total. The van der Waals surface area contributed by atoms with Gasteiger partial charge in [0.15, 0.2) is 0 Å². The van der Waals surface area contributed by atoms with Crippen molar-refractivity contribution in [1.82, 2.24) is 14.5 Å². The highest BCUT2D eigenvalue weighted by molar-refractivity contribution is 6.35. The van der Waals surface area contributed by atoms with Crippen molar-refractivity contribution in [3.05, 3.63) is 52.0 Å². The number of benzene rings is 1. The molecular formula is C20H23Cl2N3O. The largest absolute Gasteiger partial charge is 0.332 e. The molecule has 2 aromatic rings. The van der Waals surface area contributed by atoms with Gasteiger partial charge in [-0.2, -0.15) is 0 Å². The van der Waals surface area contributed by atoms with Gasteiger partial charge in [0.25, 0.3) is 0 Å². The molecule has 2 aliphatic carbocycles. The van der Waals surface area contributed by atoms with Crippen molar-refractivity contribution in [2.75, 3.05) is 0 Å². The minimum atomic E-state index is 0.213. The summed E-state index contributed by atoms with van der Waals surface area (Å²) in [7, 11) is 0.